The lowest BCUT2D eigenvalue weighted by Gasteiger charge is -2.11. The number of carboxylic acid groups (broad SMARTS) is 1. The maximum absolute atomic E-state index is 12.2. The Bertz CT molecular complexity index is 839. The number of ether oxygens (including phenoxy) is 1. The molecule has 2 rings (SSSR count). The van der Waals surface area contributed by atoms with Crippen LogP contribution in [0.2, 0.25) is 0 Å². The van der Waals surface area contributed by atoms with Crippen LogP contribution in [0.5, 0.6) is 5.75 Å². The van der Waals surface area contributed by atoms with Crippen LogP contribution in [0.15, 0.2) is 27.4 Å². The molecule has 0 spiro atoms. The van der Waals surface area contributed by atoms with E-state index in [-0.39, 0.29) is 12.8 Å². The van der Waals surface area contributed by atoms with E-state index in [9.17, 15) is 14.4 Å². The highest BCUT2D eigenvalue weighted by atomic mass is 16.5. The fourth-order valence-electron chi connectivity index (χ4n) is 2.40. The van der Waals surface area contributed by atoms with Crippen molar-refractivity contribution < 1.29 is 23.8 Å². The molecule has 0 bridgehead atoms. The van der Waals surface area contributed by atoms with Gasteiger partial charge in [0, 0.05) is 23.4 Å². The van der Waals surface area contributed by atoms with Crippen LogP contribution in [0.4, 0.5) is 0 Å². The highest BCUT2D eigenvalue weighted by Crippen LogP contribution is 2.24. The Morgan fingerprint density at radius 1 is 1.38 bits per heavy atom. The minimum Gasteiger partial charge on any atom is -0.497 e. The summed E-state index contributed by atoms with van der Waals surface area (Å²) in [5.74, 6) is -0.961. The van der Waals surface area contributed by atoms with Gasteiger partial charge in [-0.2, -0.15) is 0 Å². The summed E-state index contributed by atoms with van der Waals surface area (Å²) >= 11 is 0. The Morgan fingerprint density at radius 2 is 2.08 bits per heavy atom. The monoisotopic (exact) mass is 333 g/mol. The molecule has 0 aliphatic carbocycles. The van der Waals surface area contributed by atoms with Gasteiger partial charge in [0.25, 0.3) is 0 Å². The molecule has 24 heavy (non-hydrogen) atoms. The lowest BCUT2D eigenvalue weighted by molar-refractivity contribution is -0.141. The number of hydrogen-bond acceptors (Lipinski definition) is 5. The zero-order valence-corrected chi connectivity index (χ0v) is 13.7. The molecule has 0 aliphatic heterocycles. The zero-order chi connectivity index (χ0) is 17.9. The SMILES string of the molecule is COc1ccc2c(C)c(CCC(=O)N[C@H](C)C(=O)O)c(=O)oc2c1. The average Bonchev–Trinajstić information content (AvgIpc) is 2.53. The van der Waals surface area contributed by atoms with E-state index in [2.05, 4.69) is 5.32 Å². The van der Waals surface area contributed by atoms with Crippen LogP contribution in [0.1, 0.15) is 24.5 Å². The number of amides is 1. The molecule has 7 nitrogen and oxygen atoms in total. The van der Waals surface area contributed by atoms with E-state index in [0.29, 0.717) is 16.9 Å². The minimum absolute atomic E-state index is 0.00484. The average molecular weight is 333 g/mol. The van der Waals surface area contributed by atoms with Crippen molar-refractivity contribution in [2.45, 2.75) is 32.7 Å². The molecule has 1 amide bonds. The van der Waals surface area contributed by atoms with Crippen molar-refractivity contribution in [3.63, 3.8) is 0 Å². The molecule has 0 fully saturated rings. The third kappa shape index (κ3) is 3.73. The second-order valence-electron chi connectivity index (χ2n) is 5.48. The van der Waals surface area contributed by atoms with Crippen molar-refractivity contribution in [3.05, 3.63) is 39.7 Å². The van der Waals surface area contributed by atoms with E-state index in [4.69, 9.17) is 14.3 Å². The van der Waals surface area contributed by atoms with Crippen molar-refractivity contribution >= 4 is 22.8 Å². The number of carbonyl (C=O) groups is 2. The Balaban J connectivity index is 2.22. The van der Waals surface area contributed by atoms with Crippen molar-refractivity contribution in [2.24, 2.45) is 0 Å². The third-order valence-corrected chi connectivity index (χ3v) is 3.84. The fourth-order valence-corrected chi connectivity index (χ4v) is 2.40. The number of aryl methyl sites for hydroxylation is 1. The van der Waals surface area contributed by atoms with Crippen molar-refractivity contribution in [1.29, 1.82) is 0 Å². The van der Waals surface area contributed by atoms with E-state index in [1.807, 2.05) is 0 Å². The molecule has 0 aliphatic rings. The first-order valence-electron chi connectivity index (χ1n) is 7.46. The van der Waals surface area contributed by atoms with E-state index < -0.39 is 23.5 Å². The van der Waals surface area contributed by atoms with Gasteiger partial charge in [-0.3, -0.25) is 9.59 Å². The standard InChI is InChI=1S/C17H19NO6/c1-9-12-5-4-11(23-3)8-14(12)24-17(22)13(9)6-7-15(19)18-10(2)16(20)21/h4-5,8,10H,6-7H2,1-3H3,(H,18,19)(H,20,21)/t10-/m1/s1. The van der Waals surface area contributed by atoms with Gasteiger partial charge in [0.1, 0.15) is 17.4 Å². The van der Waals surface area contributed by atoms with E-state index in [0.717, 1.165) is 10.9 Å². The van der Waals surface area contributed by atoms with Gasteiger partial charge in [-0.1, -0.05) is 0 Å². The molecule has 1 heterocycles. The Labute approximate surface area is 138 Å². The van der Waals surface area contributed by atoms with Crippen molar-refractivity contribution in [3.8, 4) is 5.75 Å². The first-order chi connectivity index (χ1) is 11.3. The van der Waals surface area contributed by atoms with Crippen LogP contribution in [0, 0.1) is 6.92 Å². The first kappa shape index (κ1) is 17.5. The van der Waals surface area contributed by atoms with Gasteiger partial charge < -0.3 is 19.6 Å². The Morgan fingerprint density at radius 3 is 2.71 bits per heavy atom. The second kappa shape index (κ2) is 7.16. The topological polar surface area (TPSA) is 106 Å². The summed E-state index contributed by atoms with van der Waals surface area (Å²) < 4.78 is 10.4. The molecule has 2 N–H and O–H groups in total. The van der Waals surface area contributed by atoms with E-state index in [1.54, 1.807) is 25.1 Å². The molecule has 128 valence electrons. The molecule has 7 heteroatoms. The number of carbonyl (C=O) groups excluding carboxylic acids is 1. The molecule has 0 unspecified atom stereocenters. The second-order valence-corrected chi connectivity index (χ2v) is 5.48. The van der Waals surface area contributed by atoms with Crippen LogP contribution >= 0.6 is 0 Å². The normalized spacial score (nSPS) is 12.0. The van der Waals surface area contributed by atoms with Gasteiger partial charge in [0.05, 0.1) is 7.11 Å². The molecular formula is C17H19NO6. The van der Waals surface area contributed by atoms with Crippen LogP contribution in [0.25, 0.3) is 11.0 Å². The van der Waals surface area contributed by atoms with E-state index >= 15 is 0 Å². The first-order valence-corrected chi connectivity index (χ1v) is 7.46. The van der Waals surface area contributed by atoms with Gasteiger partial charge in [0.2, 0.25) is 5.91 Å². The predicted octanol–water partition coefficient (Wildman–Crippen LogP) is 1.63. The Kier molecular flexibility index (Phi) is 5.23. The number of nitrogens with one attached hydrogen (secondary N) is 1. The maximum atomic E-state index is 12.2. The van der Waals surface area contributed by atoms with Crippen LogP contribution in [-0.2, 0) is 16.0 Å². The summed E-state index contributed by atoms with van der Waals surface area (Å²) in [7, 11) is 1.53. The molecule has 1 aromatic heterocycles. The summed E-state index contributed by atoms with van der Waals surface area (Å²) in [5.41, 5.74) is 1.06. The van der Waals surface area contributed by atoms with Crippen LogP contribution in [0.3, 0.4) is 0 Å². The molecule has 0 saturated carbocycles. The minimum atomic E-state index is -1.11. The van der Waals surface area contributed by atoms with Crippen molar-refractivity contribution in [1.82, 2.24) is 5.32 Å². The Hall–Kier alpha value is -2.83. The lowest BCUT2D eigenvalue weighted by atomic mass is 10.0. The third-order valence-electron chi connectivity index (χ3n) is 3.84. The number of fused-ring (bicyclic) bond motifs is 1. The summed E-state index contributed by atoms with van der Waals surface area (Å²) in [6, 6.07) is 4.22. The number of benzene rings is 1. The summed E-state index contributed by atoms with van der Waals surface area (Å²) in [5, 5.41) is 11.9. The van der Waals surface area contributed by atoms with Crippen LogP contribution < -0.4 is 15.7 Å². The number of carboxylic acids is 1. The number of hydrogen-bond donors (Lipinski definition) is 2. The summed E-state index contributed by atoms with van der Waals surface area (Å²) in [6.45, 7) is 3.17. The highest BCUT2D eigenvalue weighted by Gasteiger charge is 2.16. The molecule has 2 aromatic rings. The number of rotatable bonds is 6. The van der Waals surface area contributed by atoms with Gasteiger partial charge in [-0.15, -0.1) is 0 Å². The summed E-state index contributed by atoms with van der Waals surface area (Å²) in [6.07, 6.45) is 0.180. The van der Waals surface area contributed by atoms with Gasteiger partial charge in [-0.05, 0) is 38.0 Å². The summed E-state index contributed by atoms with van der Waals surface area (Å²) in [4.78, 5) is 34.7. The number of aliphatic carboxylic acids is 1. The maximum Gasteiger partial charge on any atom is 0.339 e. The predicted molar refractivity (Wildman–Crippen MR) is 87.3 cm³/mol. The zero-order valence-electron chi connectivity index (χ0n) is 13.7. The van der Waals surface area contributed by atoms with Gasteiger partial charge in [-0.25, -0.2) is 4.79 Å². The van der Waals surface area contributed by atoms with Crippen molar-refractivity contribution in [2.75, 3.05) is 7.11 Å². The molecule has 0 radical (unpaired) electrons. The van der Waals surface area contributed by atoms with Crippen LogP contribution in [-0.4, -0.2) is 30.1 Å². The smallest absolute Gasteiger partial charge is 0.339 e. The molecule has 1 atom stereocenters. The molecule has 1 aromatic carbocycles. The lowest BCUT2D eigenvalue weighted by Crippen LogP contribution is -2.38. The molecule has 0 saturated heterocycles. The molecular weight excluding hydrogens is 314 g/mol. The number of methoxy groups -OCH3 is 1. The van der Waals surface area contributed by atoms with E-state index in [1.165, 1.54) is 14.0 Å². The van der Waals surface area contributed by atoms with Gasteiger partial charge in [0.15, 0.2) is 0 Å². The fraction of sp³-hybridized carbons (Fsp3) is 0.353. The highest BCUT2D eigenvalue weighted by molar-refractivity contribution is 5.84. The van der Waals surface area contributed by atoms with Gasteiger partial charge >= 0.3 is 11.6 Å². The quantitative estimate of drug-likeness (QED) is 0.778. The largest absolute Gasteiger partial charge is 0.497 e.